The molecule has 0 spiro atoms. The second kappa shape index (κ2) is 18.0. The molecule has 0 fully saturated rings. The van der Waals surface area contributed by atoms with Gasteiger partial charge in [-0.1, -0.05) is 0 Å². The fourth-order valence-corrected chi connectivity index (χ4v) is 0.680. The van der Waals surface area contributed by atoms with Gasteiger partial charge in [-0.05, 0) is 0 Å². The van der Waals surface area contributed by atoms with E-state index in [2.05, 4.69) is 38.2 Å². The van der Waals surface area contributed by atoms with Gasteiger partial charge in [-0.15, -0.1) is 46.8 Å². The Balaban J connectivity index is -0.000000151. The van der Waals surface area contributed by atoms with Crippen LogP contribution in [0.2, 0.25) is 0 Å². The normalized spacial score (nSPS) is 12.8. The molecule has 0 aromatic heterocycles. The zero-order valence-corrected chi connectivity index (χ0v) is 15.6. The molecule has 0 amide bonds. The second-order valence-electron chi connectivity index (χ2n) is 3.01. The summed E-state index contributed by atoms with van der Waals surface area (Å²) in [7, 11) is 0. The third-order valence-electron chi connectivity index (χ3n) is 1.17. The third kappa shape index (κ3) is 24.1. The first-order valence-corrected chi connectivity index (χ1v) is 5.91. The van der Waals surface area contributed by atoms with E-state index in [0.717, 1.165) is 12.8 Å². The summed E-state index contributed by atoms with van der Waals surface area (Å²) in [4.78, 5) is 0. The molecule has 0 heterocycles. The molecule has 2 aliphatic rings. The summed E-state index contributed by atoms with van der Waals surface area (Å²) in [6.07, 6.45) is 20.0. The first kappa shape index (κ1) is 21.9. The van der Waals surface area contributed by atoms with Crippen LogP contribution in [0, 0.1) is 12.2 Å². The van der Waals surface area contributed by atoms with Gasteiger partial charge in [0.2, 0.25) is 0 Å². The van der Waals surface area contributed by atoms with Crippen LogP contribution in [0.5, 0.6) is 0 Å². The van der Waals surface area contributed by atoms with Gasteiger partial charge < -0.3 is 0 Å². The van der Waals surface area contributed by atoms with E-state index >= 15 is 0 Å². The molecule has 0 nitrogen and oxygen atoms in total. The van der Waals surface area contributed by atoms with Gasteiger partial charge in [-0.25, -0.2) is 24.3 Å². The topological polar surface area (TPSA) is 0 Å². The summed E-state index contributed by atoms with van der Waals surface area (Å²) in [6, 6.07) is 0. The van der Waals surface area contributed by atoms with Crippen LogP contribution < -0.4 is 0 Å². The molecule has 0 aliphatic heterocycles. The van der Waals surface area contributed by atoms with Crippen LogP contribution >= 0.6 is 34.0 Å². The monoisotopic (exact) mass is 422 g/mol. The molecular formula is C13H18Br2Zr. The summed E-state index contributed by atoms with van der Waals surface area (Å²) >= 11 is 1.55. The van der Waals surface area contributed by atoms with Crippen molar-refractivity contribution < 1.29 is 24.2 Å². The van der Waals surface area contributed by atoms with Crippen molar-refractivity contribution in [2.24, 2.45) is 0 Å². The molecule has 0 unspecified atom stereocenters. The van der Waals surface area contributed by atoms with Crippen molar-refractivity contribution in [1.82, 2.24) is 0 Å². The van der Waals surface area contributed by atoms with Crippen LogP contribution in [0.3, 0.4) is 0 Å². The number of halogens is 2. The molecule has 0 atom stereocenters. The predicted molar refractivity (Wildman–Crippen MR) is 80.1 cm³/mol. The average molecular weight is 425 g/mol. The molecule has 0 aromatic carbocycles. The molecule has 0 saturated carbocycles. The Hall–Kier alpha value is 0.673. The van der Waals surface area contributed by atoms with Crippen LogP contribution in [0.25, 0.3) is 0 Å². The summed E-state index contributed by atoms with van der Waals surface area (Å²) in [5.74, 6) is 0. The fraction of sp³-hybridized carbons (Fsp3) is 0.308. The third-order valence-corrected chi connectivity index (χ3v) is 1.17. The summed E-state index contributed by atoms with van der Waals surface area (Å²) < 4.78 is 1.51. The van der Waals surface area contributed by atoms with Crippen molar-refractivity contribution in [3.05, 3.63) is 48.6 Å². The van der Waals surface area contributed by atoms with Crippen molar-refractivity contribution in [2.45, 2.75) is 26.7 Å². The number of hydrogen-bond donors (Lipinski definition) is 0. The maximum atomic E-state index is 2.99. The molecule has 2 aliphatic carbocycles. The van der Waals surface area contributed by atoms with Crippen molar-refractivity contribution in [3.8, 4) is 0 Å². The van der Waals surface area contributed by atoms with Crippen LogP contribution in [-0.2, 0) is 24.2 Å². The molecule has 0 radical (unpaired) electrons. The molecule has 0 N–H and O–H groups in total. The van der Waals surface area contributed by atoms with Crippen molar-refractivity contribution >= 4 is 37.2 Å². The van der Waals surface area contributed by atoms with Crippen LogP contribution in [0.15, 0.2) is 36.5 Å². The Bertz CT molecular complexity index is 217. The molecule has 16 heavy (non-hydrogen) atoms. The first-order valence-electron chi connectivity index (χ1n) is 4.68. The van der Waals surface area contributed by atoms with Gasteiger partial charge in [-0.2, -0.15) is 12.2 Å². The zero-order chi connectivity index (χ0) is 10.6. The SMILES string of the molecule is Br.Br.C[C](C)=[Zr+2].[C-]1=CC=CC1.[C-]1=CC=CC1. The molecule has 2 rings (SSSR count). The number of rotatable bonds is 0. The minimum Gasteiger partial charge on any atom is -0.273 e. The van der Waals surface area contributed by atoms with E-state index < -0.39 is 0 Å². The summed E-state index contributed by atoms with van der Waals surface area (Å²) in [5, 5.41) is 0. The van der Waals surface area contributed by atoms with Gasteiger partial charge >= 0.3 is 41.3 Å². The molecule has 0 aromatic rings. The van der Waals surface area contributed by atoms with Crippen molar-refractivity contribution in [3.63, 3.8) is 0 Å². The van der Waals surface area contributed by atoms with E-state index in [9.17, 15) is 0 Å². The molecule has 0 bridgehead atoms. The van der Waals surface area contributed by atoms with Crippen molar-refractivity contribution in [2.75, 3.05) is 0 Å². The maximum Gasteiger partial charge on any atom is -0.109 e. The first-order chi connectivity index (χ1) is 6.73. The van der Waals surface area contributed by atoms with Gasteiger partial charge in [-0.3, -0.25) is 12.2 Å². The Kier molecular flexibility index (Phi) is 24.7. The van der Waals surface area contributed by atoms with E-state index in [4.69, 9.17) is 0 Å². The minimum atomic E-state index is 0. The Labute approximate surface area is 135 Å². The second-order valence-corrected chi connectivity index (χ2v) is 5.46. The van der Waals surface area contributed by atoms with E-state index in [0.29, 0.717) is 0 Å². The van der Waals surface area contributed by atoms with Gasteiger partial charge in [0.15, 0.2) is 0 Å². The molecule has 0 saturated heterocycles. The Morgan fingerprint density at radius 2 is 1.25 bits per heavy atom. The maximum absolute atomic E-state index is 2.99. The van der Waals surface area contributed by atoms with Crippen LogP contribution in [-0.4, -0.2) is 3.21 Å². The Morgan fingerprint density at radius 3 is 1.31 bits per heavy atom. The van der Waals surface area contributed by atoms with Gasteiger partial charge in [0.25, 0.3) is 0 Å². The summed E-state index contributed by atoms with van der Waals surface area (Å²) in [6.45, 7) is 4.25. The fourth-order valence-electron chi connectivity index (χ4n) is 0.680. The number of allylic oxidation sites excluding steroid dienone is 8. The molecule has 3 heteroatoms. The Morgan fingerprint density at radius 1 is 0.938 bits per heavy atom. The number of hydrogen-bond acceptors (Lipinski definition) is 0. The molecular weight excluding hydrogens is 407 g/mol. The van der Waals surface area contributed by atoms with Crippen molar-refractivity contribution in [1.29, 1.82) is 0 Å². The van der Waals surface area contributed by atoms with E-state index in [1.807, 2.05) is 24.3 Å². The zero-order valence-electron chi connectivity index (χ0n) is 9.69. The van der Waals surface area contributed by atoms with E-state index in [-0.39, 0.29) is 34.0 Å². The van der Waals surface area contributed by atoms with Gasteiger partial charge in [0.05, 0.1) is 0 Å². The quantitative estimate of drug-likeness (QED) is 0.501. The molecule has 88 valence electrons. The smallest absolute Gasteiger partial charge is 0.109 e. The van der Waals surface area contributed by atoms with Crippen LogP contribution in [0.1, 0.15) is 26.7 Å². The average Bonchev–Trinajstić information content (AvgIpc) is 2.83. The standard InChI is InChI=1S/2C5H5.C3H6.2BrH.Zr/c2*1-2-4-5-3-1;1-3-2;;;/h2*1-3H,4H2;1-2H3;2*1H;/q2*-1;;;;+2. The largest absolute Gasteiger partial charge is 0.273 e. The van der Waals surface area contributed by atoms with E-state index in [1.165, 1.54) is 3.21 Å². The van der Waals surface area contributed by atoms with Gasteiger partial charge in [0.1, 0.15) is 0 Å². The summed E-state index contributed by atoms with van der Waals surface area (Å²) in [5.41, 5.74) is 0. The minimum absolute atomic E-state index is 0. The van der Waals surface area contributed by atoms with Crippen LogP contribution in [0.4, 0.5) is 0 Å². The predicted octanol–water partition coefficient (Wildman–Crippen LogP) is 4.51. The van der Waals surface area contributed by atoms with E-state index in [1.54, 1.807) is 24.2 Å². The van der Waals surface area contributed by atoms with Gasteiger partial charge in [0, 0.05) is 0 Å².